The van der Waals surface area contributed by atoms with Crippen LogP contribution in [-0.4, -0.2) is 60.6 Å². The van der Waals surface area contributed by atoms with Crippen molar-refractivity contribution in [3.63, 3.8) is 0 Å². The van der Waals surface area contributed by atoms with Crippen molar-refractivity contribution in [3.8, 4) is 0 Å². The van der Waals surface area contributed by atoms with Crippen molar-refractivity contribution in [1.29, 1.82) is 0 Å². The summed E-state index contributed by atoms with van der Waals surface area (Å²) in [4.78, 5) is 41.5. The second-order valence-corrected chi connectivity index (χ2v) is 6.26. The van der Waals surface area contributed by atoms with E-state index in [4.69, 9.17) is 45.0 Å². The van der Waals surface area contributed by atoms with Crippen molar-refractivity contribution in [1.82, 2.24) is 14.9 Å². The Labute approximate surface area is 155 Å². The van der Waals surface area contributed by atoms with E-state index >= 15 is 0 Å². The lowest BCUT2D eigenvalue weighted by Crippen LogP contribution is -2.55. The molecule has 3 rings (SSSR count). The largest absolute Gasteiger partial charge is 0.398 e. The third kappa shape index (κ3) is 2.42. The Morgan fingerprint density at radius 2 is 1.81 bits per heavy atom. The number of anilines is 1. The monoisotopic (exact) mass is 336 g/mol. The SMILES string of the molecule is [B]c1cc([B])c2nc(C)n(C3C(=O)NC(=O)C([B])C3([B])[B])c(=O)c2c1N. The molecule has 0 spiro atoms. The van der Waals surface area contributed by atoms with Gasteiger partial charge in [0.05, 0.1) is 34.4 Å². The number of fused-ring (bicyclic) bond motifs is 1. The number of aryl methyl sites for hydroxylation is 1. The van der Waals surface area contributed by atoms with E-state index in [0.29, 0.717) is 0 Å². The minimum absolute atomic E-state index is 0.0447. The van der Waals surface area contributed by atoms with Crippen molar-refractivity contribution in [3.05, 3.63) is 22.2 Å². The number of carbonyl (C=O) groups excluding carboxylic acids is 2. The molecule has 7 nitrogen and oxygen atoms in total. The Morgan fingerprint density at radius 1 is 1.19 bits per heavy atom. The van der Waals surface area contributed by atoms with Crippen LogP contribution in [0.3, 0.4) is 0 Å². The molecule has 3 N–H and O–H groups in total. The maximum atomic E-state index is 13.1. The van der Waals surface area contributed by atoms with Gasteiger partial charge >= 0.3 is 0 Å². The normalized spacial score (nSPS) is 22.3. The van der Waals surface area contributed by atoms with Crippen LogP contribution >= 0.6 is 0 Å². The van der Waals surface area contributed by atoms with E-state index in [0.717, 1.165) is 4.57 Å². The number of amides is 2. The van der Waals surface area contributed by atoms with E-state index in [2.05, 4.69) is 4.98 Å². The zero-order valence-corrected chi connectivity index (χ0v) is 13.8. The van der Waals surface area contributed by atoms with E-state index in [-0.39, 0.29) is 33.3 Å². The second-order valence-electron chi connectivity index (χ2n) is 6.26. The maximum Gasteiger partial charge on any atom is 0.264 e. The van der Waals surface area contributed by atoms with Crippen LogP contribution < -0.4 is 27.5 Å². The summed E-state index contributed by atoms with van der Waals surface area (Å²) in [6, 6.07) is -0.118. The van der Waals surface area contributed by atoms with Gasteiger partial charge in [-0.1, -0.05) is 22.2 Å². The summed E-state index contributed by atoms with van der Waals surface area (Å²) in [5.41, 5.74) is 5.49. The van der Waals surface area contributed by atoms with E-state index < -0.39 is 34.4 Å². The Balaban J connectivity index is 2.39. The van der Waals surface area contributed by atoms with Crippen molar-refractivity contribution in [2.45, 2.75) is 24.0 Å². The summed E-state index contributed by atoms with van der Waals surface area (Å²) >= 11 is 0. The van der Waals surface area contributed by atoms with Gasteiger partial charge in [0.2, 0.25) is 11.8 Å². The predicted octanol–water partition coefficient (Wildman–Crippen LogP) is -3.52. The van der Waals surface area contributed by atoms with Crippen LogP contribution in [0.15, 0.2) is 10.9 Å². The minimum atomic E-state index is -2.04. The van der Waals surface area contributed by atoms with Gasteiger partial charge in [-0.3, -0.25) is 24.3 Å². The van der Waals surface area contributed by atoms with E-state index in [1.54, 1.807) is 0 Å². The summed E-state index contributed by atoms with van der Waals surface area (Å²) in [6.07, 6.45) is 0. The molecule has 0 bridgehead atoms. The molecule has 2 unspecified atom stereocenters. The van der Waals surface area contributed by atoms with E-state index in [1.165, 1.54) is 13.0 Å². The van der Waals surface area contributed by atoms with Crippen LogP contribution in [0.2, 0.25) is 11.0 Å². The standard InChI is InChI=1S/C14H9B5N4O3/c1-3-21-8-5(16)2-4(15)7(20)6(8)13(26)23(3)10-12(25)22-11(24)9(17)14(10,18)19/h2,9-10H,20H2,1H3,(H,22,24,25). The Morgan fingerprint density at radius 3 is 2.42 bits per heavy atom. The number of imide groups is 1. The molecule has 1 fully saturated rings. The molecule has 1 aliphatic heterocycles. The summed E-state index contributed by atoms with van der Waals surface area (Å²) in [6.45, 7) is 1.46. The lowest BCUT2D eigenvalue weighted by Gasteiger charge is -2.44. The van der Waals surface area contributed by atoms with E-state index in [9.17, 15) is 14.4 Å². The molecule has 2 atom stereocenters. The first-order valence-corrected chi connectivity index (χ1v) is 7.52. The highest BCUT2D eigenvalue weighted by molar-refractivity contribution is 6.50. The average Bonchev–Trinajstić information content (AvgIpc) is 2.53. The molecule has 26 heavy (non-hydrogen) atoms. The number of carbonyl (C=O) groups is 2. The average molecular weight is 335 g/mol. The Kier molecular flexibility index (Phi) is 4.12. The first-order valence-electron chi connectivity index (χ1n) is 7.52. The fourth-order valence-corrected chi connectivity index (χ4v) is 3.09. The molecule has 12 heteroatoms. The van der Waals surface area contributed by atoms with Crippen LogP contribution in [0.1, 0.15) is 11.9 Å². The van der Waals surface area contributed by atoms with Crippen molar-refractivity contribution in [2.24, 2.45) is 0 Å². The smallest absolute Gasteiger partial charge is 0.264 e. The topological polar surface area (TPSA) is 107 Å². The van der Waals surface area contributed by atoms with Gasteiger partial charge in [-0.05, 0) is 12.7 Å². The summed E-state index contributed by atoms with van der Waals surface area (Å²) < 4.78 is 0.944. The fourth-order valence-electron chi connectivity index (χ4n) is 3.09. The molecule has 118 valence electrons. The molecule has 10 radical (unpaired) electrons. The van der Waals surface area contributed by atoms with Crippen LogP contribution in [0.5, 0.6) is 0 Å². The third-order valence-corrected chi connectivity index (χ3v) is 4.50. The van der Waals surface area contributed by atoms with Crippen molar-refractivity contribution >= 4 is 78.6 Å². The van der Waals surface area contributed by atoms with Crippen LogP contribution in [0.4, 0.5) is 5.69 Å². The first-order chi connectivity index (χ1) is 12.0. The quantitative estimate of drug-likeness (QED) is 0.319. The van der Waals surface area contributed by atoms with Gasteiger partial charge in [-0.25, -0.2) is 4.98 Å². The number of rotatable bonds is 1. The lowest BCUT2D eigenvalue weighted by molar-refractivity contribution is -0.136. The highest BCUT2D eigenvalue weighted by Crippen LogP contribution is 2.45. The molecule has 2 heterocycles. The predicted molar refractivity (Wildman–Crippen MR) is 102 cm³/mol. The number of nitrogens with two attached hydrogens (primary N) is 1. The van der Waals surface area contributed by atoms with Gasteiger partial charge in [-0.2, -0.15) is 0 Å². The van der Waals surface area contributed by atoms with Gasteiger partial charge < -0.3 is 5.73 Å². The molecular formula is C14H9B5N4O3. The number of aromatic nitrogens is 2. The Bertz CT molecular complexity index is 1040. The van der Waals surface area contributed by atoms with Crippen LogP contribution in [0, 0.1) is 6.92 Å². The summed E-state index contributed by atoms with van der Waals surface area (Å²) in [5.74, 6) is -3.08. The number of nitrogen functional groups attached to an aromatic ring is 1. The molecule has 1 aliphatic rings. The molecule has 1 aromatic heterocycles. The number of nitrogens with one attached hydrogen (secondary N) is 1. The summed E-state index contributed by atoms with van der Waals surface area (Å²) in [7, 11) is 29.3. The van der Waals surface area contributed by atoms with Gasteiger partial charge in [0.15, 0.2) is 0 Å². The lowest BCUT2D eigenvalue weighted by atomic mass is 9.39. The molecule has 2 amide bonds. The second kappa shape index (κ2) is 5.82. The van der Waals surface area contributed by atoms with Crippen molar-refractivity contribution in [2.75, 3.05) is 5.73 Å². The van der Waals surface area contributed by atoms with Gasteiger partial charge in [0, 0.05) is 5.69 Å². The van der Waals surface area contributed by atoms with Crippen LogP contribution in [0.25, 0.3) is 10.9 Å². The van der Waals surface area contributed by atoms with Gasteiger partial charge in [0.1, 0.15) is 27.6 Å². The van der Waals surface area contributed by atoms with Gasteiger partial charge in [0.25, 0.3) is 5.56 Å². The van der Waals surface area contributed by atoms with E-state index in [1.807, 2.05) is 5.32 Å². The summed E-state index contributed by atoms with van der Waals surface area (Å²) in [5, 5.41) is -0.0769. The molecule has 0 saturated carbocycles. The minimum Gasteiger partial charge on any atom is -0.398 e. The molecule has 0 aliphatic carbocycles. The molecule has 1 saturated heterocycles. The number of piperidine rings is 1. The molecular weight excluding hydrogens is 326 g/mol. The zero-order valence-electron chi connectivity index (χ0n) is 13.8. The highest BCUT2D eigenvalue weighted by Gasteiger charge is 2.48. The Hall–Kier alpha value is -2.38. The first kappa shape index (κ1) is 18.4. The van der Waals surface area contributed by atoms with Gasteiger partial charge in [-0.15, -0.1) is 0 Å². The number of hydrogen-bond acceptors (Lipinski definition) is 5. The number of nitrogens with zero attached hydrogens (tertiary/aromatic N) is 2. The fraction of sp³-hybridized carbons (Fsp3) is 0.286. The van der Waals surface area contributed by atoms with Crippen molar-refractivity contribution < 1.29 is 9.59 Å². The molecule has 2 aromatic rings. The molecule has 1 aromatic carbocycles. The third-order valence-electron chi connectivity index (χ3n) is 4.50. The zero-order chi connectivity index (χ0) is 19.5. The highest BCUT2D eigenvalue weighted by atomic mass is 16.2. The number of hydrogen-bond donors (Lipinski definition) is 2. The maximum absolute atomic E-state index is 13.1. The van der Waals surface area contributed by atoms with Crippen LogP contribution in [-0.2, 0) is 9.59 Å². The number of benzene rings is 1.